The molecular weight excluding hydrogens is 292 g/mol. The van der Waals surface area contributed by atoms with Crippen LogP contribution in [-0.2, 0) is 6.42 Å². The summed E-state index contributed by atoms with van der Waals surface area (Å²) < 4.78 is 10.6. The number of hydrogen-bond acceptors (Lipinski definition) is 6. The molecule has 0 radical (unpaired) electrons. The summed E-state index contributed by atoms with van der Waals surface area (Å²) in [7, 11) is 1.37. The lowest BCUT2D eigenvalue weighted by molar-refractivity contribution is -0.385. The topological polar surface area (TPSA) is 133 Å². The maximum atomic E-state index is 11.3. The van der Waals surface area contributed by atoms with E-state index < -0.39 is 16.5 Å². The molecule has 1 aromatic heterocycles. The number of nitro groups is 1. The van der Waals surface area contributed by atoms with Gasteiger partial charge in [0.1, 0.15) is 11.4 Å². The van der Waals surface area contributed by atoms with Gasteiger partial charge in [0, 0.05) is 24.9 Å². The van der Waals surface area contributed by atoms with Gasteiger partial charge in [-0.1, -0.05) is 0 Å². The van der Waals surface area contributed by atoms with Gasteiger partial charge in [-0.05, 0) is 0 Å². The van der Waals surface area contributed by atoms with Crippen LogP contribution in [0.15, 0.2) is 24.5 Å². The molecule has 0 aliphatic rings. The number of carbonyl (C=O) groups excluding carboxylic acids is 1. The molecule has 9 nitrogen and oxygen atoms in total. The number of H-pyrrole nitrogens is 1. The molecule has 2 rings (SSSR count). The number of carbonyl (C=O) groups is 1. The number of nitro benzene ring substituents is 1. The fourth-order valence-electron chi connectivity index (χ4n) is 1.86. The van der Waals surface area contributed by atoms with Crippen LogP contribution < -0.4 is 15.2 Å². The molecule has 0 spiro atoms. The lowest BCUT2D eigenvalue weighted by atomic mass is 10.1. The summed E-state index contributed by atoms with van der Waals surface area (Å²) in [6, 6.07) is 2.32. The molecule has 3 N–H and O–H groups in total. The second-order valence-corrected chi connectivity index (χ2v) is 4.28. The van der Waals surface area contributed by atoms with E-state index >= 15 is 0 Å². The van der Waals surface area contributed by atoms with Crippen molar-refractivity contribution in [1.29, 1.82) is 0 Å². The summed E-state index contributed by atoms with van der Waals surface area (Å²) in [6.07, 6.45) is 3.78. The highest BCUT2D eigenvalue weighted by Gasteiger charge is 2.23. The van der Waals surface area contributed by atoms with E-state index in [1.165, 1.54) is 13.2 Å². The molecule has 0 atom stereocenters. The van der Waals surface area contributed by atoms with Crippen molar-refractivity contribution in [3.8, 4) is 11.5 Å². The number of methoxy groups -OCH3 is 1. The van der Waals surface area contributed by atoms with E-state index in [4.69, 9.17) is 15.2 Å². The number of benzene rings is 1. The molecule has 22 heavy (non-hydrogen) atoms. The first kappa shape index (κ1) is 15.3. The lowest BCUT2D eigenvalue weighted by Gasteiger charge is -2.11. The summed E-state index contributed by atoms with van der Waals surface area (Å²) in [4.78, 5) is 28.6. The van der Waals surface area contributed by atoms with Crippen LogP contribution in [0.2, 0.25) is 0 Å². The minimum absolute atomic E-state index is 0.158. The van der Waals surface area contributed by atoms with Gasteiger partial charge < -0.3 is 20.2 Å². The lowest BCUT2D eigenvalue weighted by Crippen LogP contribution is -2.14. The Morgan fingerprint density at radius 1 is 1.45 bits per heavy atom. The Bertz CT molecular complexity index is 684. The molecule has 0 unspecified atom stereocenters. The number of imidazole rings is 1. The van der Waals surface area contributed by atoms with E-state index in [9.17, 15) is 14.9 Å². The number of hydrogen-bond donors (Lipinski definition) is 2. The van der Waals surface area contributed by atoms with Crippen molar-refractivity contribution in [2.24, 2.45) is 5.73 Å². The standard InChI is InChI=1S/C13H14N4O5/c1-21-10-6-8(13(14)18)9(17(19)20)7-11(10)22-5-2-12-15-3-4-16-12/h3-4,6-7H,2,5H2,1H3,(H2,14,18)(H,15,16). The molecule has 0 saturated carbocycles. The number of nitrogens with zero attached hydrogens (tertiary/aromatic N) is 2. The minimum Gasteiger partial charge on any atom is -0.493 e. The zero-order valence-corrected chi connectivity index (χ0v) is 11.7. The maximum absolute atomic E-state index is 11.3. The Balaban J connectivity index is 2.23. The van der Waals surface area contributed by atoms with E-state index in [0.717, 1.165) is 11.9 Å². The summed E-state index contributed by atoms with van der Waals surface area (Å²) in [5.74, 6) is 0.166. The number of nitrogens with one attached hydrogen (secondary N) is 1. The number of ether oxygens (including phenoxy) is 2. The van der Waals surface area contributed by atoms with Crippen molar-refractivity contribution in [3.63, 3.8) is 0 Å². The summed E-state index contributed by atoms with van der Waals surface area (Å²) >= 11 is 0. The third kappa shape index (κ3) is 3.32. The van der Waals surface area contributed by atoms with Crippen LogP contribution in [0.25, 0.3) is 0 Å². The van der Waals surface area contributed by atoms with Crippen molar-refractivity contribution in [2.75, 3.05) is 13.7 Å². The van der Waals surface area contributed by atoms with Crippen molar-refractivity contribution < 1.29 is 19.2 Å². The first-order valence-electron chi connectivity index (χ1n) is 6.30. The number of primary amides is 1. The van der Waals surface area contributed by atoms with Gasteiger partial charge in [-0.2, -0.15) is 0 Å². The van der Waals surface area contributed by atoms with Gasteiger partial charge >= 0.3 is 0 Å². The predicted octanol–water partition coefficient (Wildman–Crippen LogP) is 1.05. The van der Waals surface area contributed by atoms with Crippen LogP contribution in [0.5, 0.6) is 11.5 Å². The normalized spacial score (nSPS) is 10.2. The van der Waals surface area contributed by atoms with Gasteiger partial charge in [-0.3, -0.25) is 14.9 Å². The Kier molecular flexibility index (Phi) is 4.57. The van der Waals surface area contributed by atoms with E-state index in [-0.39, 0.29) is 23.7 Å². The molecule has 116 valence electrons. The zero-order chi connectivity index (χ0) is 16.1. The molecular formula is C13H14N4O5. The van der Waals surface area contributed by atoms with E-state index in [0.29, 0.717) is 6.42 Å². The first-order chi connectivity index (χ1) is 10.5. The largest absolute Gasteiger partial charge is 0.493 e. The van der Waals surface area contributed by atoms with Gasteiger partial charge in [0.25, 0.3) is 11.6 Å². The van der Waals surface area contributed by atoms with Crippen LogP contribution in [0, 0.1) is 10.1 Å². The van der Waals surface area contributed by atoms with Gasteiger partial charge in [-0.15, -0.1) is 0 Å². The molecule has 0 aliphatic carbocycles. The first-order valence-corrected chi connectivity index (χ1v) is 6.30. The molecule has 0 fully saturated rings. The molecule has 1 aromatic carbocycles. The highest BCUT2D eigenvalue weighted by molar-refractivity contribution is 5.97. The van der Waals surface area contributed by atoms with Crippen molar-refractivity contribution in [3.05, 3.63) is 46.0 Å². The molecule has 1 amide bonds. The van der Waals surface area contributed by atoms with Crippen LogP contribution in [-0.4, -0.2) is 34.5 Å². The number of nitrogens with two attached hydrogens (primary N) is 1. The van der Waals surface area contributed by atoms with Crippen LogP contribution >= 0.6 is 0 Å². The quantitative estimate of drug-likeness (QED) is 0.580. The Morgan fingerprint density at radius 3 is 2.77 bits per heavy atom. The number of aromatic amines is 1. The van der Waals surface area contributed by atoms with E-state index in [1.54, 1.807) is 12.4 Å². The molecule has 9 heteroatoms. The maximum Gasteiger partial charge on any atom is 0.286 e. The van der Waals surface area contributed by atoms with Crippen LogP contribution in [0.3, 0.4) is 0 Å². The smallest absolute Gasteiger partial charge is 0.286 e. The zero-order valence-electron chi connectivity index (χ0n) is 11.7. The second kappa shape index (κ2) is 6.57. The SMILES string of the molecule is COc1cc(C(N)=O)c([N+](=O)[O-])cc1OCCc1ncc[nH]1. The molecule has 0 bridgehead atoms. The highest BCUT2D eigenvalue weighted by Crippen LogP contribution is 2.34. The number of rotatable bonds is 7. The Hall–Kier alpha value is -3.10. The number of aromatic nitrogens is 2. The highest BCUT2D eigenvalue weighted by atomic mass is 16.6. The van der Waals surface area contributed by atoms with Gasteiger partial charge in [0.15, 0.2) is 11.5 Å². The third-order valence-corrected chi connectivity index (χ3v) is 2.90. The van der Waals surface area contributed by atoms with E-state index in [1.807, 2.05) is 0 Å². The van der Waals surface area contributed by atoms with Gasteiger partial charge in [0.05, 0.1) is 24.7 Å². The fraction of sp³-hybridized carbons (Fsp3) is 0.231. The average Bonchev–Trinajstić information content (AvgIpc) is 2.99. The predicted molar refractivity (Wildman–Crippen MR) is 76.0 cm³/mol. The Morgan fingerprint density at radius 2 is 2.23 bits per heavy atom. The number of amides is 1. The average molecular weight is 306 g/mol. The summed E-state index contributed by atoms with van der Waals surface area (Å²) in [6.45, 7) is 0.233. The van der Waals surface area contributed by atoms with Crippen molar-refractivity contribution in [2.45, 2.75) is 6.42 Å². The van der Waals surface area contributed by atoms with Crippen LogP contribution in [0.1, 0.15) is 16.2 Å². The summed E-state index contributed by atoms with van der Waals surface area (Å²) in [5.41, 5.74) is 4.47. The third-order valence-electron chi connectivity index (χ3n) is 2.90. The fourth-order valence-corrected chi connectivity index (χ4v) is 1.86. The molecule has 1 heterocycles. The van der Waals surface area contributed by atoms with Crippen molar-refractivity contribution >= 4 is 11.6 Å². The monoisotopic (exact) mass is 306 g/mol. The molecule has 0 aliphatic heterocycles. The Labute approximate surface area is 125 Å². The summed E-state index contributed by atoms with van der Waals surface area (Å²) in [5, 5.41) is 11.0. The minimum atomic E-state index is -0.910. The second-order valence-electron chi connectivity index (χ2n) is 4.28. The van der Waals surface area contributed by atoms with Crippen LogP contribution in [0.4, 0.5) is 5.69 Å². The van der Waals surface area contributed by atoms with Crippen molar-refractivity contribution in [1.82, 2.24) is 9.97 Å². The molecule has 2 aromatic rings. The van der Waals surface area contributed by atoms with Gasteiger partial charge in [-0.25, -0.2) is 4.98 Å². The molecule has 0 saturated heterocycles. The van der Waals surface area contributed by atoms with E-state index in [2.05, 4.69) is 9.97 Å². The van der Waals surface area contributed by atoms with Gasteiger partial charge in [0.2, 0.25) is 0 Å².